The van der Waals surface area contributed by atoms with Crippen LogP contribution in [-0.2, 0) is 11.3 Å². The molecule has 2 aromatic rings. The molecule has 0 spiro atoms. The summed E-state index contributed by atoms with van der Waals surface area (Å²) in [6.45, 7) is 3.92. The van der Waals surface area contributed by atoms with E-state index in [-0.39, 0.29) is 0 Å². The second kappa shape index (κ2) is 7.92. The zero-order valence-electron chi connectivity index (χ0n) is 16.1. The van der Waals surface area contributed by atoms with Crippen molar-refractivity contribution in [3.05, 3.63) is 47.8 Å². The summed E-state index contributed by atoms with van der Waals surface area (Å²) in [5.74, 6) is 0.416. The summed E-state index contributed by atoms with van der Waals surface area (Å²) in [6, 6.07) is 7.54. The van der Waals surface area contributed by atoms with Gasteiger partial charge in [0.15, 0.2) is 0 Å². The van der Waals surface area contributed by atoms with Gasteiger partial charge in [0.1, 0.15) is 5.75 Å². The van der Waals surface area contributed by atoms with Crippen LogP contribution in [0.15, 0.2) is 36.7 Å². The number of aryl methyl sites for hydroxylation is 1. The van der Waals surface area contributed by atoms with Gasteiger partial charge in [-0.1, -0.05) is 18.2 Å². The Hall–Kier alpha value is -2.67. The first-order valence-corrected chi connectivity index (χ1v) is 9.08. The third-order valence-electron chi connectivity index (χ3n) is 4.95. The lowest BCUT2D eigenvalue weighted by Crippen LogP contribution is -2.53. The number of aromatic nitrogens is 2. The number of likely N-dealkylation sites (tertiary alicyclic amines) is 1. The molecule has 0 amide bonds. The summed E-state index contributed by atoms with van der Waals surface area (Å²) in [7, 11) is 3.80. The van der Waals surface area contributed by atoms with Gasteiger partial charge in [0.25, 0.3) is 0 Å². The minimum Gasteiger partial charge on any atom is -0.478 e. The molecule has 7 heteroatoms. The van der Waals surface area contributed by atoms with E-state index in [2.05, 4.69) is 14.9 Å². The molecule has 0 bridgehead atoms. The lowest BCUT2D eigenvalue weighted by molar-refractivity contribution is -0.159. The molecule has 7 nitrogen and oxygen atoms in total. The fourth-order valence-corrected chi connectivity index (χ4v) is 3.23. The highest BCUT2D eigenvalue weighted by Crippen LogP contribution is 2.31. The van der Waals surface area contributed by atoms with Crippen molar-refractivity contribution in [1.29, 1.82) is 0 Å². The Balaban J connectivity index is 1.64. The van der Waals surface area contributed by atoms with Crippen LogP contribution in [0.3, 0.4) is 0 Å². The van der Waals surface area contributed by atoms with Crippen molar-refractivity contribution in [2.45, 2.75) is 31.9 Å². The predicted octanol–water partition coefficient (Wildman–Crippen LogP) is 2.35. The molecule has 1 fully saturated rings. The molecule has 1 aliphatic heterocycles. The van der Waals surface area contributed by atoms with Gasteiger partial charge in [-0.25, -0.2) is 14.8 Å². The molecule has 2 heterocycles. The molecule has 1 N–H and O–H groups in total. The highest BCUT2D eigenvalue weighted by Gasteiger charge is 2.44. The zero-order valence-corrected chi connectivity index (χ0v) is 16.1. The van der Waals surface area contributed by atoms with Crippen LogP contribution in [0, 0.1) is 6.92 Å². The number of rotatable bonds is 6. The normalized spacial score (nSPS) is 16.7. The van der Waals surface area contributed by atoms with Gasteiger partial charge in [-0.15, -0.1) is 0 Å². The summed E-state index contributed by atoms with van der Waals surface area (Å²) in [5, 5.41) is 9.83. The Morgan fingerprint density at radius 1 is 1.22 bits per heavy atom. The van der Waals surface area contributed by atoms with Gasteiger partial charge >= 0.3 is 5.97 Å². The summed E-state index contributed by atoms with van der Waals surface area (Å²) < 4.78 is 6.02. The fraction of sp³-hybridized carbons (Fsp3) is 0.450. The average molecular weight is 370 g/mol. The highest BCUT2D eigenvalue weighted by atomic mass is 16.5. The van der Waals surface area contributed by atoms with Crippen molar-refractivity contribution in [1.82, 2.24) is 14.9 Å². The lowest BCUT2D eigenvalue weighted by atomic mass is 9.90. The second-order valence-electron chi connectivity index (χ2n) is 7.23. The number of aliphatic carboxylic acids is 1. The van der Waals surface area contributed by atoms with Crippen molar-refractivity contribution in [2.75, 3.05) is 32.1 Å². The number of carboxylic acid groups (broad SMARTS) is 1. The SMILES string of the molecule is Cc1ccccc1OC1(C(=O)O)CCN(Cc2cnc(N(C)C)nc2)CC1. The number of nitrogens with zero attached hydrogens (tertiary/aromatic N) is 4. The third-order valence-corrected chi connectivity index (χ3v) is 4.95. The number of anilines is 1. The van der Waals surface area contributed by atoms with Gasteiger partial charge in [0.05, 0.1) is 0 Å². The molecule has 1 aromatic heterocycles. The van der Waals surface area contributed by atoms with Crippen LogP contribution in [-0.4, -0.2) is 58.7 Å². The lowest BCUT2D eigenvalue weighted by Gasteiger charge is -2.39. The number of carbonyl (C=O) groups is 1. The molecule has 1 aromatic carbocycles. The maximum absolute atomic E-state index is 12.0. The monoisotopic (exact) mass is 370 g/mol. The number of benzene rings is 1. The van der Waals surface area contributed by atoms with Crippen LogP contribution < -0.4 is 9.64 Å². The first-order valence-electron chi connectivity index (χ1n) is 9.08. The van der Waals surface area contributed by atoms with Gasteiger partial charge < -0.3 is 14.7 Å². The highest BCUT2D eigenvalue weighted by molar-refractivity contribution is 5.78. The first kappa shape index (κ1) is 19.1. The van der Waals surface area contributed by atoms with Crippen LogP contribution in [0.25, 0.3) is 0 Å². The van der Waals surface area contributed by atoms with Crippen molar-refractivity contribution in [2.24, 2.45) is 0 Å². The molecule has 1 aliphatic rings. The van der Waals surface area contributed by atoms with Crippen molar-refractivity contribution >= 4 is 11.9 Å². The third kappa shape index (κ3) is 4.36. The van der Waals surface area contributed by atoms with Crippen molar-refractivity contribution in [3.63, 3.8) is 0 Å². The predicted molar refractivity (Wildman–Crippen MR) is 103 cm³/mol. The number of ether oxygens (including phenoxy) is 1. The quantitative estimate of drug-likeness (QED) is 0.836. The Kier molecular flexibility index (Phi) is 5.60. The van der Waals surface area contributed by atoms with Gasteiger partial charge in [-0.05, 0) is 18.6 Å². The van der Waals surface area contributed by atoms with Gasteiger partial charge in [0.2, 0.25) is 11.5 Å². The Bertz CT molecular complexity index is 784. The number of hydrogen-bond donors (Lipinski definition) is 1. The number of para-hydroxylation sites is 1. The van der Waals surface area contributed by atoms with Crippen LogP contribution in [0.2, 0.25) is 0 Å². The molecule has 0 saturated carbocycles. The zero-order chi connectivity index (χ0) is 19.4. The largest absolute Gasteiger partial charge is 0.478 e. The summed E-state index contributed by atoms with van der Waals surface area (Å²) in [6.07, 6.45) is 4.52. The van der Waals surface area contributed by atoms with E-state index < -0.39 is 11.6 Å². The molecule has 0 atom stereocenters. The van der Waals surface area contributed by atoms with E-state index in [1.165, 1.54) is 0 Å². The Morgan fingerprint density at radius 3 is 2.41 bits per heavy atom. The molecule has 0 unspecified atom stereocenters. The topological polar surface area (TPSA) is 78.8 Å². The second-order valence-corrected chi connectivity index (χ2v) is 7.23. The maximum atomic E-state index is 12.0. The minimum atomic E-state index is -1.17. The van der Waals surface area contributed by atoms with Crippen LogP contribution in [0.1, 0.15) is 24.0 Å². The summed E-state index contributed by atoms with van der Waals surface area (Å²) in [5.41, 5.74) is 0.787. The van der Waals surface area contributed by atoms with Crippen LogP contribution >= 0.6 is 0 Å². The van der Waals surface area contributed by atoms with E-state index in [4.69, 9.17) is 4.74 Å². The minimum absolute atomic E-state index is 0.438. The van der Waals surface area contributed by atoms with E-state index >= 15 is 0 Å². The molecule has 144 valence electrons. The molecular weight excluding hydrogens is 344 g/mol. The Labute approximate surface area is 159 Å². The van der Waals surface area contributed by atoms with Crippen LogP contribution in [0.4, 0.5) is 5.95 Å². The van der Waals surface area contributed by atoms with E-state index in [1.807, 2.05) is 62.6 Å². The summed E-state index contributed by atoms with van der Waals surface area (Å²) >= 11 is 0. The standard InChI is InChI=1S/C20H26N4O3/c1-15-6-4-5-7-17(15)27-20(18(25)26)8-10-24(11-9-20)14-16-12-21-19(22-13-16)23(2)3/h4-7,12-13H,8-11,14H2,1-3H3,(H,25,26). The van der Waals surface area contributed by atoms with Crippen LogP contribution in [0.5, 0.6) is 5.75 Å². The smallest absolute Gasteiger partial charge is 0.348 e. The number of carboxylic acids is 1. The maximum Gasteiger partial charge on any atom is 0.348 e. The van der Waals surface area contributed by atoms with E-state index in [1.54, 1.807) is 0 Å². The number of hydrogen-bond acceptors (Lipinski definition) is 6. The number of piperidine rings is 1. The molecule has 0 radical (unpaired) electrons. The van der Waals surface area contributed by atoms with Gasteiger partial charge in [0, 0.05) is 64.5 Å². The molecule has 3 rings (SSSR count). The van der Waals surface area contributed by atoms with E-state index in [0.29, 0.717) is 44.2 Å². The average Bonchev–Trinajstić information content (AvgIpc) is 2.65. The fourth-order valence-electron chi connectivity index (χ4n) is 3.23. The summed E-state index contributed by atoms with van der Waals surface area (Å²) in [4.78, 5) is 24.7. The van der Waals surface area contributed by atoms with Gasteiger partial charge in [-0.3, -0.25) is 4.90 Å². The van der Waals surface area contributed by atoms with E-state index in [0.717, 1.165) is 11.1 Å². The van der Waals surface area contributed by atoms with Crippen molar-refractivity contribution in [3.8, 4) is 5.75 Å². The molecule has 0 aliphatic carbocycles. The van der Waals surface area contributed by atoms with Gasteiger partial charge in [-0.2, -0.15) is 0 Å². The molecule has 1 saturated heterocycles. The van der Waals surface area contributed by atoms with E-state index in [9.17, 15) is 9.90 Å². The van der Waals surface area contributed by atoms with Crippen molar-refractivity contribution < 1.29 is 14.6 Å². The molecule has 27 heavy (non-hydrogen) atoms. The molecular formula is C20H26N4O3. The Morgan fingerprint density at radius 2 is 1.85 bits per heavy atom. The first-order chi connectivity index (χ1) is 12.9.